The van der Waals surface area contributed by atoms with Crippen molar-refractivity contribution in [2.24, 2.45) is 5.41 Å². The van der Waals surface area contributed by atoms with Crippen LogP contribution in [0.25, 0.3) is 10.9 Å². The maximum atomic E-state index is 13.8. The maximum absolute atomic E-state index is 13.8. The van der Waals surface area contributed by atoms with E-state index in [0.717, 1.165) is 5.56 Å². The zero-order valence-electron chi connectivity index (χ0n) is 23.4. The molecule has 5 aromatic rings. The topological polar surface area (TPSA) is 118 Å². The van der Waals surface area contributed by atoms with Crippen molar-refractivity contribution >= 4 is 57.1 Å². The Morgan fingerprint density at radius 1 is 1.09 bits per heavy atom. The summed E-state index contributed by atoms with van der Waals surface area (Å²) in [6.07, 6.45) is 3.12. The lowest BCUT2D eigenvalue weighted by Gasteiger charge is -2.20. The molecule has 2 N–H and O–H groups in total. The number of carbonyl (C=O) groups excluding carboxylic acids is 1. The highest BCUT2D eigenvalue weighted by Crippen LogP contribution is 2.37. The number of anilines is 3. The number of benzene rings is 3. The van der Waals surface area contributed by atoms with E-state index < -0.39 is 17.3 Å². The van der Waals surface area contributed by atoms with E-state index in [9.17, 15) is 14.4 Å². The number of carbonyl (C=O) groups is 1. The molecule has 5 rings (SSSR count). The van der Waals surface area contributed by atoms with Gasteiger partial charge in [-0.25, -0.2) is 9.07 Å². The van der Waals surface area contributed by atoms with Crippen LogP contribution in [0.15, 0.2) is 73.1 Å². The second-order valence-corrected chi connectivity index (χ2v) is 11.6. The molecule has 0 saturated carbocycles. The second kappa shape index (κ2) is 12.3. The van der Waals surface area contributed by atoms with Crippen molar-refractivity contribution in [2.45, 2.75) is 33.5 Å². The van der Waals surface area contributed by atoms with Gasteiger partial charge in [0.05, 0.1) is 44.5 Å². The number of fused-ring (bicyclic) bond motifs is 1. The third kappa shape index (κ3) is 6.69. The summed E-state index contributed by atoms with van der Waals surface area (Å²) in [6, 6.07) is 19.0. The van der Waals surface area contributed by atoms with Crippen molar-refractivity contribution in [3.05, 3.63) is 106 Å². The van der Waals surface area contributed by atoms with E-state index in [-0.39, 0.29) is 23.3 Å². The fraction of sp³-hybridized carbons (Fsp3) is 0.194. The predicted octanol–water partition coefficient (Wildman–Crippen LogP) is 7.64. The number of hydrogen-bond donors (Lipinski definition) is 2. The van der Waals surface area contributed by atoms with Gasteiger partial charge in [-0.3, -0.25) is 9.78 Å². The molecule has 0 amide bonds. The number of nitrogens with one attached hydrogen (secondary N) is 2. The highest BCUT2D eigenvalue weighted by Gasteiger charge is 2.24. The molecule has 0 saturated heterocycles. The van der Waals surface area contributed by atoms with Crippen LogP contribution in [0, 0.1) is 22.6 Å². The minimum absolute atomic E-state index is 0.0609. The van der Waals surface area contributed by atoms with E-state index in [4.69, 9.17) is 27.9 Å². The van der Waals surface area contributed by atoms with Crippen molar-refractivity contribution in [3.63, 3.8) is 0 Å². The van der Waals surface area contributed by atoms with Gasteiger partial charge < -0.3 is 15.4 Å². The summed E-state index contributed by atoms with van der Waals surface area (Å²) in [7, 11) is 0. The molecule has 0 spiro atoms. The first-order valence-electron chi connectivity index (χ1n) is 13.2. The Morgan fingerprint density at radius 3 is 2.53 bits per heavy atom. The average molecular weight is 619 g/mol. The molecule has 218 valence electrons. The zero-order chi connectivity index (χ0) is 30.7. The second-order valence-electron chi connectivity index (χ2n) is 10.7. The molecule has 3 aromatic carbocycles. The smallest absolute Gasteiger partial charge is 0.313 e. The summed E-state index contributed by atoms with van der Waals surface area (Å²) in [4.78, 5) is 16.6. The molecular weight excluding hydrogens is 592 g/mol. The van der Waals surface area contributed by atoms with Crippen LogP contribution in [-0.2, 0) is 16.3 Å². The van der Waals surface area contributed by atoms with Crippen LogP contribution in [0.5, 0.6) is 0 Å². The predicted molar refractivity (Wildman–Crippen MR) is 164 cm³/mol. The van der Waals surface area contributed by atoms with E-state index in [0.29, 0.717) is 38.7 Å². The van der Waals surface area contributed by atoms with Crippen molar-refractivity contribution in [3.8, 4) is 6.07 Å². The lowest BCUT2D eigenvalue weighted by Crippen LogP contribution is -2.24. The minimum atomic E-state index is -0.649. The number of pyridine rings is 1. The molecule has 1 unspecified atom stereocenters. The van der Waals surface area contributed by atoms with Crippen LogP contribution in [0.2, 0.25) is 10.0 Å². The molecule has 2 aromatic heterocycles. The Hall–Kier alpha value is -4.72. The fourth-order valence-corrected chi connectivity index (χ4v) is 4.72. The van der Waals surface area contributed by atoms with E-state index in [1.165, 1.54) is 29.1 Å². The quantitative estimate of drug-likeness (QED) is 0.171. The molecule has 2 heterocycles. The first-order valence-corrected chi connectivity index (χ1v) is 13.9. The number of nitriles is 1. The van der Waals surface area contributed by atoms with Crippen LogP contribution < -0.4 is 10.6 Å². The maximum Gasteiger partial charge on any atom is 0.313 e. The first-order chi connectivity index (χ1) is 20.5. The van der Waals surface area contributed by atoms with Crippen molar-refractivity contribution in [2.75, 3.05) is 10.6 Å². The Morgan fingerprint density at radius 2 is 1.84 bits per heavy atom. The minimum Gasteiger partial charge on any atom is -0.442 e. The van der Waals surface area contributed by atoms with Gasteiger partial charge in [0, 0.05) is 23.0 Å². The van der Waals surface area contributed by atoms with Crippen LogP contribution in [0.3, 0.4) is 0 Å². The van der Waals surface area contributed by atoms with Crippen LogP contribution in [0.4, 0.5) is 21.5 Å². The fourth-order valence-electron chi connectivity index (χ4n) is 4.27. The molecule has 0 aliphatic carbocycles. The molecule has 43 heavy (non-hydrogen) atoms. The lowest BCUT2D eigenvalue weighted by molar-refractivity contribution is -0.157. The van der Waals surface area contributed by atoms with Crippen molar-refractivity contribution in [1.82, 2.24) is 20.0 Å². The number of hydrogen-bond acceptors (Lipinski definition) is 8. The third-order valence-corrected chi connectivity index (χ3v) is 7.05. The normalized spacial score (nSPS) is 12.0. The summed E-state index contributed by atoms with van der Waals surface area (Å²) < 4.78 is 20.6. The van der Waals surface area contributed by atoms with Gasteiger partial charge in [-0.15, -0.1) is 5.10 Å². The van der Waals surface area contributed by atoms with E-state index in [1.807, 2.05) is 36.4 Å². The van der Waals surface area contributed by atoms with E-state index >= 15 is 0 Å². The third-order valence-electron chi connectivity index (χ3n) is 6.47. The van der Waals surface area contributed by atoms with Gasteiger partial charge in [0.15, 0.2) is 6.73 Å². The monoisotopic (exact) mass is 617 g/mol. The van der Waals surface area contributed by atoms with Crippen LogP contribution >= 0.6 is 23.2 Å². The van der Waals surface area contributed by atoms with Gasteiger partial charge in [-0.2, -0.15) is 5.26 Å². The number of esters is 1. The number of nitrogens with zero attached hydrogens (tertiary/aromatic N) is 5. The SMILES string of the molecule is CC(C)(C)C(=O)OCn1cc(C(Nc2cc(Cl)c3ncc(C#N)c(Nc4ccc(F)c(Cl)c4)c3c2)c2ccccc2)nn1. The number of ether oxygens (including phenoxy) is 1. The van der Waals surface area contributed by atoms with Gasteiger partial charge in [0.1, 0.15) is 17.6 Å². The Kier molecular flexibility index (Phi) is 8.48. The van der Waals surface area contributed by atoms with Gasteiger partial charge in [0.25, 0.3) is 0 Å². The molecular formula is C31H26Cl2FN7O2. The largest absolute Gasteiger partial charge is 0.442 e. The summed E-state index contributed by atoms with van der Waals surface area (Å²) in [5, 5.41) is 25.8. The Labute approximate surface area is 257 Å². The highest BCUT2D eigenvalue weighted by atomic mass is 35.5. The van der Waals surface area contributed by atoms with Gasteiger partial charge in [0.2, 0.25) is 0 Å². The summed E-state index contributed by atoms with van der Waals surface area (Å²) in [6.45, 7) is 5.24. The number of rotatable bonds is 8. The molecule has 1 atom stereocenters. The Balaban J connectivity index is 1.52. The lowest BCUT2D eigenvalue weighted by atomic mass is 9.98. The van der Waals surface area contributed by atoms with Gasteiger partial charge >= 0.3 is 5.97 Å². The molecule has 0 aliphatic heterocycles. The highest BCUT2D eigenvalue weighted by molar-refractivity contribution is 6.36. The van der Waals surface area contributed by atoms with Gasteiger partial charge in [-0.05, 0) is 56.7 Å². The first kappa shape index (κ1) is 29.8. The van der Waals surface area contributed by atoms with E-state index in [1.54, 1.807) is 33.0 Å². The van der Waals surface area contributed by atoms with Crippen molar-refractivity contribution < 1.29 is 13.9 Å². The summed E-state index contributed by atoms with van der Waals surface area (Å²) in [5.41, 5.74) is 3.05. The summed E-state index contributed by atoms with van der Waals surface area (Å²) in [5.74, 6) is -0.913. The molecule has 0 bridgehead atoms. The van der Waals surface area contributed by atoms with Crippen molar-refractivity contribution in [1.29, 1.82) is 5.26 Å². The van der Waals surface area contributed by atoms with Crippen LogP contribution in [0.1, 0.15) is 43.6 Å². The molecule has 12 heteroatoms. The van der Waals surface area contributed by atoms with Crippen LogP contribution in [-0.4, -0.2) is 25.9 Å². The van der Waals surface area contributed by atoms with Gasteiger partial charge in [-0.1, -0.05) is 58.7 Å². The molecule has 9 nitrogen and oxygen atoms in total. The summed E-state index contributed by atoms with van der Waals surface area (Å²) >= 11 is 12.7. The zero-order valence-corrected chi connectivity index (χ0v) is 24.9. The molecule has 0 fully saturated rings. The average Bonchev–Trinajstić information content (AvgIpc) is 3.45. The number of aromatic nitrogens is 4. The Bertz CT molecular complexity index is 1850. The standard InChI is InChI=1S/C31H26Cl2FN7O2/c1-31(2,3)30(42)43-17-41-16-26(39-40-41)28(18-7-5-4-6-8-18)38-21-11-22-27(37-20-9-10-25(34)23(32)12-20)19(14-35)15-36-29(22)24(33)13-21/h4-13,15-16,28,38H,17H2,1-3H3,(H,36,37). The number of halogens is 3. The van der Waals surface area contributed by atoms with E-state index in [2.05, 4.69) is 32.0 Å². The molecule has 0 aliphatic rings. The molecule has 0 radical (unpaired) electrons.